The summed E-state index contributed by atoms with van der Waals surface area (Å²) in [5.41, 5.74) is 7.63. The van der Waals surface area contributed by atoms with Crippen LogP contribution in [0.5, 0.6) is 0 Å². The average molecular weight is 250 g/mol. The molecule has 0 aliphatic heterocycles. The lowest BCUT2D eigenvalue weighted by atomic mass is 9.92. The van der Waals surface area contributed by atoms with Crippen LogP contribution in [0.4, 0.5) is 0 Å². The lowest BCUT2D eigenvalue weighted by molar-refractivity contribution is 0.339. The van der Waals surface area contributed by atoms with Crippen LogP contribution in [0.1, 0.15) is 47.4 Å². The van der Waals surface area contributed by atoms with E-state index in [1.54, 1.807) is 10.4 Å². The molecular formula is C14H22N2S. The number of rotatable bonds is 3. The Bertz CT molecular complexity index is 364. The van der Waals surface area contributed by atoms with Gasteiger partial charge in [-0.15, -0.1) is 11.3 Å². The van der Waals surface area contributed by atoms with Crippen LogP contribution < -0.4 is 11.1 Å². The number of hydrogen-bond acceptors (Lipinski definition) is 3. The molecule has 94 valence electrons. The SMILES string of the molecule is NC1CCCC(NCc2cc3c(s2)CCC3)C1. The van der Waals surface area contributed by atoms with E-state index in [1.165, 1.54) is 43.4 Å². The van der Waals surface area contributed by atoms with Gasteiger partial charge in [0, 0.05) is 28.4 Å². The fourth-order valence-electron chi connectivity index (χ4n) is 3.14. The van der Waals surface area contributed by atoms with Gasteiger partial charge in [-0.3, -0.25) is 0 Å². The van der Waals surface area contributed by atoms with Crippen LogP contribution in [-0.4, -0.2) is 12.1 Å². The van der Waals surface area contributed by atoms with Crippen LogP contribution in [0, 0.1) is 0 Å². The fourth-order valence-corrected chi connectivity index (χ4v) is 4.35. The lowest BCUT2D eigenvalue weighted by Crippen LogP contribution is -2.38. The quantitative estimate of drug-likeness (QED) is 0.865. The molecule has 0 saturated heterocycles. The van der Waals surface area contributed by atoms with Gasteiger partial charge in [0.2, 0.25) is 0 Å². The number of hydrogen-bond donors (Lipinski definition) is 2. The van der Waals surface area contributed by atoms with Gasteiger partial charge in [-0.05, 0) is 50.2 Å². The van der Waals surface area contributed by atoms with E-state index in [1.807, 2.05) is 11.3 Å². The van der Waals surface area contributed by atoms with E-state index >= 15 is 0 Å². The third-order valence-electron chi connectivity index (χ3n) is 4.08. The van der Waals surface area contributed by atoms with Gasteiger partial charge in [0.25, 0.3) is 0 Å². The molecule has 2 aliphatic carbocycles. The van der Waals surface area contributed by atoms with E-state index in [9.17, 15) is 0 Å². The van der Waals surface area contributed by atoms with Gasteiger partial charge in [0.1, 0.15) is 0 Å². The van der Waals surface area contributed by atoms with Crippen molar-refractivity contribution in [2.45, 2.75) is 63.6 Å². The van der Waals surface area contributed by atoms with E-state index in [-0.39, 0.29) is 0 Å². The second-order valence-electron chi connectivity index (χ2n) is 5.52. The van der Waals surface area contributed by atoms with E-state index < -0.39 is 0 Å². The maximum atomic E-state index is 6.02. The van der Waals surface area contributed by atoms with Crippen LogP contribution in [0.15, 0.2) is 6.07 Å². The Morgan fingerprint density at radius 2 is 2.24 bits per heavy atom. The number of nitrogens with two attached hydrogens (primary N) is 1. The highest BCUT2D eigenvalue weighted by Gasteiger charge is 2.19. The van der Waals surface area contributed by atoms with Crippen molar-refractivity contribution in [3.63, 3.8) is 0 Å². The van der Waals surface area contributed by atoms with E-state index in [0.29, 0.717) is 12.1 Å². The Balaban J connectivity index is 1.53. The highest BCUT2D eigenvalue weighted by Crippen LogP contribution is 2.30. The van der Waals surface area contributed by atoms with Gasteiger partial charge in [0.05, 0.1) is 0 Å². The molecule has 1 aromatic heterocycles. The van der Waals surface area contributed by atoms with Gasteiger partial charge in [-0.25, -0.2) is 0 Å². The van der Waals surface area contributed by atoms with Crippen molar-refractivity contribution in [3.8, 4) is 0 Å². The fraction of sp³-hybridized carbons (Fsp3) is 0.714. The Morgan fingerprint density at radius 3 is 3.06 bits per heavy atom. The molecule has 3 N–H and O–H groups in total. The summed E-state index contributed by atoms with van der Waals surface area (Å²) >= 11 is 2.02. The van der Waals surface area contributed by atoms with E-state index in [2.05, 4.69) is 11.4 Å². The Morgan fingerprint density at radius 1 is 1.29 bits per heavy atom. The summed E-state index contributed by atoms with van der Waals surface area (Å²) in [7, 11) is 0. The van der Waals surface area contributed by atoms with Crippen LogP contribution >= 0.6 is 11.3 Å². The smallest absolute Gasteiger partial charge is 0.0302 e. The maximum absolute atomic E-state index is 6.02. The molecule has 0 radical (unpaired) electrons. The summed E-state index contributed by atoms with van der Waals surface area (Å²) in [6, 6.07) is 3.49. The van der Waals surface area contributed by atoms with E-state index in [4.69, 9.17) is 5.73 Å². The normalized spacial score (nSPS) is 28.3. The minimum absolute atomic E-state index is 0.426. The van der Waals surface area contributed by atoms with Crippen molar-refractivity contribution in [2.24, 2.45) is 5.73 Å². The van der Waals surface area contributed by atoms with Gasteiger partial charge >= 0.3 is 0 Å². The molecule has 0 spiro atoms. The first kappa shape index (κ1) is 11.7. The minimum Gasteiger partial charge on any atom is -0.328 e. The summed E-state index contributed by atoms with van der Waals surface area (Å²) in [4.78, 5) is 3.16. The predicted molar refractivity (Wildman–Crippen MR) is 73.4 cm³/mol. The van der Waals surface area contributed by atoms with Crippen LogP contribution in [0.25, 0.3) is 0 Å². The zero-order valence-electron chi connectivity index (χ0n) is 10.4. The maximum Gasteiger partial charge on any atom is 0.0302 e. The first-order valence-electron chi connectivity index (χ1n) is 6.90. The van der Waals surface area contributed by atoms with Gasteiger partial charge in [0.15, 0.2) is 0 Å². The van der Waals surface area contributed by atoms with Crippen molar-refractivity contribution < 1.29 is 0 Å². The number of fused-ring (bicyclic) bond motifs is 1. The molecule has 0 amide bonds. The molecule has 3 rings (SSSR count). The third-order valence-corrected chi connectivity index (χ3v) is 5.31. The monoisotopic (exact) mass is 250 g/mol. The second kappa shape index (κ2) is 5.09. The Hall–Kier alpha value is -0.380. The summed E-state index contributed by atoms with van der Waals surface area (Å²) < 4.78 is 0. The van der Waals surface area contributed by atoms with Crippen molar-refractivity contribution in [1.82, 2.24) is 5.32 Å². The van der Waals surface area contributed by atoms with Crippen molar-refractivity contribution >= 4 is 11.3 Å². The number of aryl methyl sites for hydroxylation is 2. The number of nitrogens with one attached hydrogen (secondary N) is 1. The first-order chi connectivity index (χ1) is 8.31. The van der Waals surface area contributed by atoms with Gasteiger partial charge < -0.3 is 11.1 Å². The summed E-state index contributed by atoms with van der Waals surface area (Å²) in [6.45, 7) is 1.05. The summed E-state index contributed by atoms with van der Waals surface area (Å²) in [5, 5.41) is 3.69. The third kappa shape index (κ3) is 2.72. The second-order valence-corrected chi connectivity index (χ2v) is 6.74. The molecule has 2 aliphatic rings. The molecule has 2 atom stereocenters. The molecule has 1 fully saturated rings. The lowest BCUT2D eigenvalue weighted by Gasteiger charge is -2.27. The van der Waals surface area contributed by atoms with E-state index in [0.717, 1.165) is 13.0 Å². The summed E-state index contributed by atoms with van der Waals surface area (Å²) in [5.74, 6) is 0. The van der Waals surface area contributed by atoms with Crippen molar-refractivity contribution in [2.75, 3.05) is 0 Å². The van der Waals surface area contributed by atoms with Crippen LogP contribution in [-0.2, 0) is 19.4 Å². The largest absolute Gasteiger partial charge is 0.328 e. The topological polar surface area (TPSA) is 38.0 Å². The molecule has 17 heavy (non-hydrogen) atoms. The molecular weight excluding hydrogens is 228 g/mol. The molecule has 3 heteroatoms. The molecule has 0 aromatic carbocycles. The molecule has 1 heterocycles. The first-order valence-corrected chi connectivity index (χ1v) is 7.72. The minimum atomic E-state index is 0.426. The number of thiophene rings is 1. The Kier molecular flexibility index (Phi) is 3.50. The van der Waals surface area contributed by atoms with Gasteiger partial charge in [-0.1, -0.05) is 6.42 Å². The predicted octanol–water partition coefficient (Wildman–Crippen LogP) is 2.60. The highest BCUT2D eigenvalue weighted by atomic mass is 32.1. The van der Waals surface area contributed by atoms with Gasteiger partial charge in [-0.2, -0.15) is 0 Å². The zero-order valence-corrected chi connectivity index (χ0v) is 11.2. The summed E-state index contributed by atoms with van der Waals surface area (Å²) in [6.07, 6.45) is 8.95. The molecule has 2 nitrogen and oxygen atoms in total. The van der Waals surface area contributed by atoms with Crippen LogP contribution in [0.2, 0.25) is 0 Å². The molecule has 1 aromatic rings. The molecule has 1 saturated carbocycles. The molecule has 2 unspecified atom stereocenters. The zero-order chi connectivity index (χ0) is 11.7. The van der Waals surface area contributed by atoms with Crippen molar-refractivity contribution in [3.05, 3.63) is 21.4 Å². The standard InChI is InChI=1S/C14H22N2S/c15-11-4-2-5-12(8-11)16-9-13-7-10-3-1-6-14(10)17-13/h7,11-12,16H,1-6,8-9,15H2. The van der Waals surface area contributed by atoms with Crippen LogP contribution in [0.3, 0.4) is 0 Å². The molecule has 0 bridgehead atoms. The van der Waals surface area contributed by atoms with Crippen molar-refractivity contribution in [1.29, 1.82) is 0 Å². The Labute approximate surface area is 108 Å². The highest BCUT2D eigenvalue weighted by molar-refractivity contribution is 7.12. The average Bonchev–Trinajstić information content (AvgIpc) is 2.86.